The normalized spacial score (nSPS) is 15.6. The minimum Gasteiger partial charge on any atom is -0.286 e. The second kappa shape index (κ2) is 10.9. The Hall–Kier alpha value is -3.13. The third-order valence-corrected chi connectivity index (χ3v) is 8.21. The fraction of sp³-hybridized carbons (Fsp3) is 0.138. The first-order valence-corrected chi connectivity index (χ1v) is 14.0. The topological polar surface area (TPSA) is 38.1 Å². The van der Waals surface area contributed by atoms with Crippen molar-refractivity contribution in [3.8, 4) is 16.9 Å². The molecule has 7 heteroatoms. The zero-order chi connectivity index (χ0) is 25.1. The van der Waals surface area contributed by atoms with Gasteiger partial charge in [-0.25, -0.2) is 4.68 Å². The lowest BCUT2D eigenvalue weighted by atomic mass is 10.1. The molecule has 0 saturated carbocycles. The van der Waals surface area contributed by atoms with Gasteiger partial charge in [0.2, 0.25) is 0 Å². The number of carbonyl (C=O) groups is 1. The molecule has 36 heavy (non-hydrogen) atoms. The molecule has 1 aliphatic rings. The van der Waals surface area contributed by atoms with E-state index >= 15 is 0 Å². The van der Waals surface area contributed by atoms with Gasteiger partial charge in [-0.1, -0.05) is 91.6 Å². The standard InChI is InChI=1S/C29H25N3OS3/c1-3-35-25-16-14-22(15-17-25)27-23(19-31(30-27)24-12-8-5-9-13-24)18-26-28(33)32(29(34)36-26)20(2)21-10-6-4-7-11-21/h4-20H,3H2,1-2H3/b26-18-. The van der Waals surface area contributed by atoms with Gasteiger partial charge in [0, 0.05) is 22.2 Å². The summed E-state index contributed by atoms with van der Waals surface area (Å²) in [5.41, 5.74) is 4.72. The van der Waals surface area contributed by atoms with Crippen LogP contribution in [-0.4, -0.2) is 30.7 Å². The molecule has 4 aromatic rings. The average molecular weight is 528 g/mol. The Labute approximate surface area is 225 Å². The zero-order valence-electron chi connectivity index (χ0n) is 20.0. The number of aromatic nitrogens is 2. The Balaban J connectivity index is 1.53. The van der Waals surface area contributed by atoms with Crippen LogP contribution in [0.2, 0.25) is 0 Å². The summed E-state index contributed by atoms with van der Waals surface area (Å²) in [5.74, 6) is 0.950. The van der Waals surface area contributed by atoms with Gasteiger partial charge in [-0.15, -0.1) is 11.8 Å². The SMILES string of the molecule is CCSc1ccc(-c2nn(-c3ccccc3)cc2/C=C2\SC(=S)N(C(C)c3ccccc3)C2=O)cc1. The highest BCUT2D eigenvalue weighted by Crippen LogP contribution is 2.39. The molecule has 1 saturated heterocycles. The largest absolute Gasteiger partial charge is 0.286 e. The van der Waals surface area contributed by atoms with Gasteiger partial charge in [-0.2, -0.15) is 5.10 Å². The number of hydrogen-bond acceptors (Lipinski definition) is 5. The third kappa shape index (κ3) is 5.05. The number of benzene rings is 3. The van der Waals surface area contributed by atoms with Gasteiger partial charge < -0.3 is 0 Å². The number of nitrogens with zero attached hydrogens (tertiary/aromatic N) is 3. The number of amides is 1. The lowest BCUT2D eigenvalue weighted by Crippen LogP contribution is -2.30. The highest BCUT2D eigenvalue weighted by atomic mass is 32.2. The summed E-state index contributed by atoms with van der Waals surface area (Å²) >= 11 is 8.79. The van der Waals surface area contributed by atoms with Crippen molar-refractivity contribution in [3.05, 3.63) is 107 Å². The van der Waals surface area contributed by atoms with E-state index in [1.54, 1.807) is 4.90 Å². The van der Waals surface area contributed by atoms with Crippen LogP contribution in [0.1, 0.15) is 31.0 Å². The van der Waals surface area contributed by atoms with Gasteiger partial charge in [0.1, 0.15) is 4.32 Å². The first kappa shape index (κ1) is 24.6. The quantitative estimate of drug-likeness (QED) is 0.140. The van der Waals surface area contributed by atoms with Crippen LogP contribution in [0.4, 0.5) is 0 Å². The molecule has 0 radical (unpaired) electrons. The van der Waals surface area contributed by atoms with Crippen molar-refractivity contribution in [2.45, 2.75) is 24.8 Å². The monoisotopic (exact) mass is 527 g/mol. The highest BCUT2D eigenvalue weighted by Gasteiger charge is 2.36. The summed E-state index contributed by atoms with van der Waals surface area (Å²) in [5, 5.41) is 4.91. The molecule has 1 atom stereocenters. The number of thiocarbonyl (C=S) groups is 1. The number of rotatable bonds is 7. The number of thioether (sulfide) groups is 2. The van der Waals surface area contributed by atoms with Crippen molar-refractivity contribution in [2.24, 2.45) is 0 Å². The second-order valence-corrected chi connectivity index (χ2v) is 11.3. The Morgan fingerprint density at radius 1 is 1.00 bits per heavy atom. The van der Waals surface area contributed by atoms with Crippen molar-refractivity contribution >= 4 is 52.0 Å². The third-order valence-electron chi connectivity index (χ3n) is 5.98. The Morgan fingerprint density at radius 2 is 1.67 bits per heavy atom. The Morgan fingerprint density at radius 3 is 2.33 bits per heavy atom. The molecule has 5 rings (SSSR count). The molecule has 0 bridgehead atoms. The maximum absolute atomic E-state index is 13.5. The minimum atomic E-state index is -0.139. The molecule has 0 spiro atoms. The molecule has 3 aromatic carbocycles. The van der Waals surface area contributed by atoms with Crippen LogP contribution < -0.4 is 0 Å². The van der Waals surface area contributed by atoms with Crippen molar-refractivity contribution in [3.63, 3.8) is 0 Å². The maximum Gasteiger partial charge on any atom is 0.266 e. The molecule has 2 heterocycles. The van der Waals surface area contributed by atoms with Crippen LogP contribution in [0.3, 0.4) is 0 Å². The fourth-order valence-corrected chi connectivity index (χ4v) is 6.21. The average Bonchev–Trinajstić information content (AvgIpc) is 3.45. The van der Waals surface area contributed by atoms with E-state index in [-0.39, 0.29) is 11.9 Å². The summed E-state index contributed by atoms with van der Waals surface area (Å²) in [6, 6.07) is 28.3. The van der Waals surface area contributed by atoms with Crippen LogP contribution >= 0.6 is 35.7 Å². The lowest BCUT2D eigenvalue weighted by Gasteiger charge is -2.23. The van der Waals surface area contributed by atoms with Gasteiger partial charge in [-0.05, 0) is 48.6 Å². The molecular formula is C29H25N3OS3. The van der Waals surface area contributed by atoms with E-state index in [9.17, 15) is 4.79 Å². The van der Waals surface area contributed by atoms with Gasteiger partial charge in [0.25, 0.3) is 5.91 Å². The highest BCUT2D eigenvalue weighted by molar-refractivity contribution is 8.26. The lowest BCUT2D eigenvalue weighted by molar-refractivity contribution is -0.123. The van der Waals surface area contributed by atoms with Gasteiger partial charge in [-0.3, -0.25) is 9.69 Å². The summed E-state index contributed by atoms with van der Waals surface area (Å²) in [4.78, 5) is 17.0. The molecule has 1 aliphatic heterocycles. The number of para-hydroxylation sites is 1. The van der Waals surface area contributed by atoms with E-state index in [4.69, 9.17) is 17.3 Å². The first-order valence-electron chi connectivity index (χ1n) is 11.8. The molecule has 1 fully saturated rings. The van der Waals surface area contributed by atoms with Gasteiger partial charge >= 0.3 is 0 Å². The summed E-state index contributed by atoms with van der Waals surface area (Å²) in [6.45, 7) is 4.16. The summed E-state index contributed by atoms with van der Waals surface area (Å²) in [7, 11) is 0. The van der Waals surface area contributed by atoms with Crippen molar-refractivity contribution < 1.29 is 4.79 Å². The van der Waals surface area contributed by atoms with E-state index in [2.05, 4.69) is 31.2 Å². The molecule has 1 amide bonds. The molecule has 0 aliphatic carbocycles. The van der Waals surface area contributed by atoms with E-state index in [1.165, 1.54) is 16.7 Å². The van der Waals surface area contributed by atoms with Crippen molar-refractivity contribution in [1.29, 1.82) is 0 Å². The molecule has 0 N–H and O–H groups in total. The van der Waals surface area contributed by atoms with Crippen LogP contribution in [0, 0.1) is 0 Å². The fourth-order valence-electron chi connectivity index (χ4n) is 4.14. The predicted octanol–water partition coefficient (Wildman–Crippen LogP) is 7.61. The Bertz CT molecular complexity index is 1410. The Kier molecular flexibility index (Phi) is 7.41. The predicted molar refractivity (Wildman–Crippen MR) is 155 cm³/mol. The molecule has 180 valence electrons. The van der Waals surface area contributed by atoms with Crippen LogP contribution in [0.15, 0.2) is 101 Å². The number of hydrogen-bond donors (Lipinski definition) is 0. The molecule has 1 aromatic heterocycles. The zero-order valence-corrected chi connectivity index (χ0v) is 22.4. The summed E-state index contributed by atoms with van der Waals surface area (Å²) in [6.07, 6.45) is 3.90. The number of carbonyl (C=O) groups excluding carboxylic acids is 1. The second-order valence-electron chi connectivity index (χ2n) is 8.31. The molecular weight excluding hydrogens is 503 g/mol. The van der Waals surface area contributed by atoms with Gasteiger partial charge in [0.15, 0.2) is 0 Å². The first-order chi connectivity index (χ1) is 17.5. The van der Waals surface area contributed by atoms with Crippen molar-refractivity contribution in [2.75, 3.05) is 5.75 Å². The van der Waals surface area contributed by atoms with Crippen molar-refractivity contribution in [1.82, 2.24) is 14.7 Å². The van der Waals surface area contributed by atoms with Crippen LogP contribution in [-0.2, 0) is 4.79 Å². The molecule has 4 nitrogen and oxygen atoms in total. The van der Waals surface area contributed by atoms with E-state index in [0.717, 1.165) is 33.8 Å². The van der Waals surface area contributed by atoms with E-state index < -0.39 is 0 Å². The van der Waals surface area contributed by atoms with E-state index in [1.807, 2.05) is 96.3 Å². The van der Waals surface area contributed by atoms with Crippen LogP contribution in [0.5, 0.6) is 0 Å². The summed E-state index contributed by atoms with van der Waals surface area (Å²) < 4.78 is 2.43. The maximum atomic E-state index is 13.5. The molecule has 1 unspecified atom stereocenters. The van der Waals surface area contributed by atoms with E-state index in [0.29, 0.717) is 9.23 Å². The smallest absolute Gasteiger partial charge is 0.266 e. The minimum absolute atomic E-state index is 0.0746. The van der Waals surface area contributed by atoms with Gasteiger partial charge in [0.05, 0.1) is 22.3 Å². The van der Waals surface area contributed by atoms with Crippen LogP contribution in [0.25, 0.3) is 23.0 Å².